The molecule has 118 valence electrons. The van der Waals surface area contributed by atoms with Crippen LogP contribution in [-0.4, -0.2) is 62.6 Å². The van der Waals surface area contributed by atoms with E-state index in [1.54, 1.807) is 4.40 Å². The lowest BCUT2D eigenvalue weighted by Gasteiger charge is -2.26. The largest absolute Gasteiger partial charge is 0.324 e. The van der Waals surface area contributed by atoms with Gasteiger partial charge in [0.15, 0.2) is 5.65 Å². The minimum Gasteiger partial charge on any atom is -0.323 e. The van der Waals surface area contributed by atoms with Crippen LogP contribution in [0.2, 0.25) is 0 Å². The molecule has 1 fully saturated rings. The first kappa shape index (κ1) is 14.8. The first-order valence-electron chi connectivity index (χ1n) is 7.82. The van der Waals surface area contributed by atoms with E-state index in [0.29, 0.717) is 12.0 Å². The standard InChI is InChI=1S/C15H22N6O/c1-3-19(4-2)12-8-10-20(11-12)15(22)16-14-18-17-13-7-5-6-9-21(13)14/h5-7,9,12H,3-4,8,10-11H2,1-2H3,(H,16,18,22)/t12-/m1/s1. The molecule has 3 rings (SSSR count). The Balaban J connectivity index is 1.66. The number of nitrogens with one attached hydrogen (secondary N) is 1. The molecule has 0 radical (unpaired) electrons. The third kappa shape index (κ3) is 2.76. The molecular weight excluding hydrogens is 280 g/mol. The van der Waals surface area contributed by atoms with Crippen LogP contribution in [0.1, 0.15) is 20.3 Å². The Morgan fingerprint density at radius 3 is 2.95 bits per heavy atom. The van der Waals surface area contributed by atoms with Gasteiger partial charge in [0.2, 0.25) is 5.95 Å². The molecule has 0 bridgehead atoms. The number of rotatable bonds is 4. The van der Waals surface area contributed by atoms with Crippen molar-refractivity contribution in [2.45, 2.75) is 26.3 Å². The number of hydrogen-bond donors (Lipinski definition) is 1. The van der Waals surface area contributed by atoms with Crippen LogP contribution in [0, 0.1) is 0 Å². The van der Waals surface area contributed by atoms with E-state index in [-0.39, 0.29) is 6.03 Å². The molecule has 0 aromatic carbocycles. The number of urea groups is 1. The third-order valence-electron chi connectivity index (χ3n) is 4.31. The van der Waals surface area contributed by atoms with Gasteiger partial charge in [-0.1, -0.05) is 19.9 Å². The van der Waals surface area contributed by atoms with Gasteiger partial charge in [0, 0.05) is 25.3 Å². The SMILES string of the molecule is CCN(CC)[C@@H]1CCN(C(=O)Nc2nnc3ccccn23)C1. The van der Waals surface area contributed by atoms with E-state index in [2.05, 4.69) is 34.3 Å². The molecule has 2 aromatic rings. The van der Waals surface area contributed by atoms with Crippen molar-refractivity contribution >= 4 is 17.6 Å². The van der Waals surface area contributed by atoms with Crippen molar-refractivity contribution in [2.24, 2.45) is 0 Å². The molecule has 22 heavy (non-hydrogen) atoms. The summed E-state index contributed by atoms with van der Waals surface area (Å²) in [7, 11) is 0. The molecule has 1 aliphatic rings. The van der Waals surface area contributed by atoms with E-state index >= 15 is 0 Å². The molecule has 0 saturated carbocycles. The van der Waals surface area contributed by atoms with Gasteiger partial charge in [-0.3, -0.25) is 14.6 Å². The Labute approximate surface area is 129 Å². The number of likely N-dealkylation sites (N-methyl/N-ethyl adjacent to an activating group) is 1. The average Bonchev–Trinajstić information content (AvgIpc) is 3.17. The molecule has 1 atom stereocenters. The summed E-state index contributed by atoms with van der Waals surface area (Å²) in [5.41, 5.74) is 0.722. The Morgan fingerprint density at radius 1 is 1.36 bits per heavy atom. The predicted octanol–water partition coefficient (Wildman–Crippen LogP) is 1.68. The van der Waals surface area contributed by atoms with Crippen molar-refractivity contribution in [3.8, 4) is 0 Å². The van der Waals surface area contributed by atoms with Crippen molar-refractivity contribution in [3.05, 3.63) is 24.4 Å². The summed E-state index contributed by atoms with van der Waals surface area (Å²) < 4.78 is 1.77. The molecule has 7 nitrogen and oxygen atoms in total. The summed E-state index contributed by atoms with van der Waals surface area (Å²) >= 11 is 0. The normalized spacial score (nSPS) is 18.3. The molecule has 0 unspecified atom stereocenters. The molecule has 1 saturated heterocycles. The Morgan fingerprint density at radius 2 is 2.18 bits per heavy atom. The fourth-order valence-electron chi connectivity index (χ4n) is 3.07. The van der Waals surface area contributed by atoms with E-state index in [4.69, 9.17) is 0 Å². The summed E-state index contributed by atoms with van der Waals surface area (Å²) in [6.07, 6.45) is 2.86. The maximum Gasteiger partial charge on any atom is 0.324 e. The fraction of sp³-hybridized carbons (Fsp3) is 0.533. The van der Waals surface area contributed by atoms with E-state index in [1.165, 1.54) is 0 Å². The monoisotopic (exact) mass is 302 g/mol. The maximum absolute atomic E-state index is 12.4. The number of hydrogen-bond acceptors (Lipinski definition) is 4. The molecule has 3 heterocycles. The van der Waals surface area contributed by atoms with E-state index < -0.39 is 0 Å². The lowest BCUT2D eigenvalue weighted by molar-refractivity contribution is 0.202. The van der Waals surface area contributed by atoms with Gasteiger partial charge < -0.3 is 4.90 Å². The highest BCUT2D eigenvalue weighted by atomic mass is 16.2. The summed E-state index contributed by atoms with van der Waals surface area (Å²) in [6.45, 7) is 7.91. The second-order valence-electron chi connectivity index (χ2n) is 5.49. The Kier molecular flexibility index (Phi) is 4.24. The highest BCUT2D eigenvalue weighted by Crippen LogP contribution is 2.17. The van der Waals surface area contributed by atoms with Crippen LogP contribution >= 0.6 is 0 Å². The van der Waals surface area contributed by atoms with Gasteiger partial charge in [0.1, 0.15) is 0 Å². The number of likely N-dealkylation sites (tertiary alicyclic amines) is 1. The quantitative estimate of drug-likeness (QED) is 0.933. The van der Waals surface area contributed by atoms with Crippen LogP contribution in [0.3, 0.4) is 0 Å². The van der Waals surface area contributed by atoms with Crippen LogP contribution in [0.5, 0.6) is 0 Å². The topological polar surface area (TPSA) is 65.8 Å². The first-order valence-corrected chi connectivity index (χ1v) is 7.82. The molecular formula is C15H22N6O. The van der Waals surface area contributed by atoms with Crippen LogP contribution in [0.4, 0.5) is 10.7 Å². The molecule has 7 heteroatoms. The van der Waals surface area contributed by atoms with Gasteiger partial charge in [0.05, 0.1) is 0 Å². The molecule has 1 aliphatic heterocycles. The molecule has 0 spiro atoms. The van der Waals surface area contributed by atoms with Gasteiger partial charge in [-0.2, -0.15) is 0 Å². The van der Waals surface area contributed by atoms with Gasteiger partial charge in [-0.05, 0) is 31.6 Å². The van der Waals surface area contributed by atoms with Gasteiger partial charge in [0.25, 0.3) is 0 Å². The first-order chi connectivity index (χ1) is 10.7. The van der Waals surface area contributed by atoms with Crippen molar-refractivity contribution < 1.29 is 4.79 Å². The van der Waals surface area contributed by atoms with Crippen molar-refractivity contribution in [2.75, 3.05) is 31.5 Å². The van der Waals surface area contributed by atoms with Gasteiger partial charge in [-0.15, -0.1) is 10.2 Å². The predicted molar refractivity (Wildman–Crippen MR) is 84.9 cm³/mol. The number of amides is 2. The summed E-state index contributed by atoms with van der Waals surface area (Å²) in [5.74, 6) is 0.465. The number of carbonyl (C=O) groups is 1. The molecule has 0 aliphatic carbocycles. The smallest absolute Gasteiger partial charge is 0.323 e. The minimum atomic E-state index is -0.104. The van der Waals surface area contributed by atoms with Crippen LogP contribution < -0.4 is 5.32 Å². The van der Waals surface area contributed by atoms with Crippen LogP contribution in [-0.2, 0) is 0 Å². The summed E-state index contributed by atoms with van der Waals surface area (Å²) in [6, 6.07) is 5.99. The second kappa shape index (κ2) is 6.31. The summed E-state index contributed by atoms with van der Waals surface area (Å²) in [4.78, 5) is 16.7. The van der Waals surface area contributed by atoms with Gasteiger partial charge >= 0.3 is 6.03 Å². The molecule has 2 amide bonds. The lowest BCUT2D eigenvalue weighted by Crippen LogP contribution is -2.40. The number of pyridine rings is 1. The zero-order valence-electron chi connectivity index (χ0n) is 13.1. The maximum atomic E-state index is 12.4. The highest BCUT2D eigenvalue weighted by Gasteiger charge is 2.29. The van der Waals surface area contributed by atoms with Gasteiger partial charge in [-0.25, -0.2) is 4.79 Å². The van der Waals surface area contributed by atoms with E-state index in [0.717, 1.165) is 38.2 Å². The van der Waals surface area contributed by atoms with Crippen molar-refractivity contribution in [1.82, 2.24) is 24.4 Å². The molecule has 2 aromatic heterocycles. The van der Waals surface area contributed by atoms with Crippen LogP contribution in [0.25, 0.3) is 5.65 Å². The zero-order chi connectivity index (χ0) is 15.5. The van der Waals surface area contributed by atoms with Crippen LogP contribution in [0.15, 0.2) is 24.4 Å². The fourth-order valence-corrected chi connectivity index (χ4v) is 3.07. The number of carbonyl (C=O) groups excluding carboxylic acids is 1. The van der Waals surface area contributed by atoms with E-state index in [9.17, 15) is 4.79 Å². The Hall–Kier alpha value is -2.15. The number of fused-ring (bicyclic) bond motifs is 1. The molecule has 1 N–H and O–H groups in total. The number of anilines is 1. The highest BCUT2D eigenvalue weighted by molar-refractivity contribution is 5.88. The second-order valence-corrected chi connectivity index (χ2v) is 5.49. The van der Waals surface area contributed by atoms with E-state index in [1.807, 2.05) is 29.3 Å². The lowest BCUT2D eigenvalue weighted by atomic mass is 10.2. The third-order valence-corrected chi connectivity index (χ3v) is 4.31. The minimum absolute atomic E-state index is 0.104. The zero-order valence-corrected chi connectivity index (χ0v) is 13.1. The van der Waals surface area contributed by atoms with Crippen molar-refractivity contribution in [3.63, 3.8) is 0 Å². The Bertz CT molecular complexity index is 650. The average molecular weight is 302 g/mol. The van der Waals surface area contributed by atoms with Crippen molar-refractivity contribution in [1.29, 1.82) is 0 Å². The summed E-state index contributed by atoms with van der Waals surface area (Å²) in [5, 5.41) is 10.9. The number of nitrogens with zero attached hydrogens (tertiary/aromatic N) is 5. The number of aromatic nitrogens is 3.